The molecular formula is C16H22F3N3O2. The van der Waals surface area contributed by atoms with Crippen LogP contribution < -0.4 is 10.1 Å². The van der Waals surface area contributed by atoms with Crippen LogP contribution in [0.5, 0.6) is 5.88 Å². The lowest BCUT2D eigenvalue weighted by Crippen LogP contribution is -2.36. The second kappa shape index (κ2) is 7.67. The third-order valence-corrected chi connectivity index (χ3v) is 4.24. The van der Waals surface area contributed by atoms with Gasteiger partial charge in [0, 0.05) is 25.7 Å². The van der Waals surface area contributed by atoms with Crippen molar-refractivity contribution in [2.45, 2.75) is 31.7 Å². The van der Waals surface area contributed by atoms with Crippen molar-refractivity contribution in [2.75, 3.05) is 39.4 Å². The third-order valence-electron chi connectivity index (χ3n) is 4.24. The van der Waals surface area contributed by atoms with E-state index in [1.165, 1.54) is 0 Å². The Morgan fingerprint density at radius 2 is 1.92 bits per heavy atom. The second-order valence-electron chi connectivity index (χ2n) is 6.15. The number of piperidine rings is 1. The van der Waals surface area contributed by atoms with Gasteiger partial charge in [-0.1, -0.05) is 0 Å². The van der Waals surface area contributed by atoms with E-state index >= 15 is 0 Å². The second-order valence-corrected chi connectivity index (χ2v) is 6.15. The fourth-order valence-corrected chi connectivity index (χ4v) is 2.96. The maximum atomic E-state index is 13.1. The third kappa shape index (κ3) is 4.81. The van der Waals surface area contributed by atoms with Crippen LogP contribution in [-0.4, -0.2) is 55.4 Å². The van der Waals surface area contributed by atoms with Gasteiger partial charge >= 0.3 is 6.18 Å². The summed E-state index contributed by atoms with van der Waals surface area (Å²) < 4.78 is 50.4. The highest BCUT2D eigenvalue weighted by Gasteiger charge is 2.34. The Balaban J connectivity index is 1.77. The number of pyridine rings is 1. The first kappa shape index (κ1) is 17.4. The summed E-state index contributed by atoms with van der Waals surface area (Å²) in [7, 11) is 0. The van der Waals surface area contributed by atoms with Crippen LogP contribution >= 0.6 is 0 Å². The van der Waals surface area contributed by atoms with Crippen LogP contribution in [-0.2, 0) is 17.5 Å². The number of halogens is 3. The predicted molar refractivity (Wildman–Crippen MR) is 81.9 cm³/mol. The van der Waals surface area contributed by atoms with E-state index in [1.54, 1.807) is 6.07 Å². The number of alkyl halides is 3. The molecule has 0 aromatic carbocycles. The van der Waals surface area contributed by atoms with Crippen LogP contribution in [0.1, 0.15) is 24.1 Å². The van der Waals surface area contributed by atoms with Crippen molar-refractivity contribution in [3.8, 4) is 5.88 Å². The molecule has 2 fully saturated rings. The minimum absolute atomic E-state index is 0.0694. The molecule has 2 saturated heterocycles. The quantitative estimate of drug-likeness (QED) is 0.905. The summed E-state index contributed by atoms with van der Waals surface area (Å²) in [4.78, 5) is 5.76. The maximum Gasteiger partial charge on any atom is 0.433 e. The fourth-order valence-electron chi connectivity index (χ4n) is 2.96. The lowest BCUT2D eigenvalue weighted by atomic mass is 10.1. The van der Waals surface area contributed by atoms with Crippen molar-refractivity contribution in [3.05, 3.63) is 23.4 Å². The molecule has 1 aromatic rings. The lowest BCUT2D eigenvalue weighted by molar-refractivity contribution is -0.141. The highest BCUT2D eigenvalue weighted by Crippen LogP contribution is 2.31. The zero-order chi connectivity index (χ0) is 17.0. The average molecular weight is 345 g/mol. The van der Waals surface area contributed by atoms with E-state index in [-0.39, 0.29) is 12.0 Å². The fraction of sp³-hybridized carbons (Fsp3) is 0.688. The van der Waals surface area contributed by atoms with Gasteiger partial charge in [0.05, 0.1) is 13.2 Å². The van der Waals surface area contributed by atoms with Crippen LogP contribution in [0.2, 0.25) is 0 Å². The van der Waals surface area contributed by atoms with Gasteiger partial charge in [0.1, 0.15) is 11.8 Å². The molecule has 24 heavy (non-hydrogen) atoms. The predicted octanol–water partition coefficient (Wildman–Crippen LogP) is 2.06. The van der Waals surface area contributed by atoms with Gasteiger partial charge in [-0.25, -0.2) is 4.98 Å². The normalized spacial score (nSPS) is 21.0. The van der Waals surface area contributed by atoms with E-state index < -0.39 is 11.9 Å². The topological polar surface area (TPSA) is 46.6 Å². The zero-order valence-corrected chi connectivity index (χ0v) is 13.4. The molecule has 134 valence electrons. The first-order valence-corrected chi connectivity index (χ1v) is 8.26. The Labute approximate surface area is 139 Å². The Hall–Kier alpha value is -1.38. The molecule has 0 aliphatic carbocycles. The monoisotopic (exact) mass is 345 g/mol. The molecule has 3 heterocycles. The summed E-state index contributed by atoms with van der Waals surface area (Å²) in [6, 6.07) is 2.75. The van der Waals surface area contributed by atoms with Gasteiger partial charge in [-0.15, -0.1) is 0 Å². The van der Waals surface area contributed by atoms with Crippen LogP contribution in [0, 0.1) is 0 Å². The van der Waals surface area contributed by atoms with Crippen molar-refractivity contribution in [3.63, 3.8) is 0 Å². The van der Waals surface area contributed by atoms with Gasteiger partial charge in [-0.2, -0.15) is 13.2 Å². The van der Waals surface area contributed by atoms with Crippen molar-refractivity contribution in [1.82, 2.24) is 15.2 Å². The molecule has 0 bridgehead atoms. The number of nitrogens with one attached hydrogen (secondary N) is 1. The summed E-state index contributed by atoms with van der Waals surface area (Å²) in [5.41, 5.74) is -0.319. The highest BCUT2D eigenvalue weighted by atomic mass is 19.4. The number of hydrogen-bond donors (Lipinski definition) is 1. The maximum absolute atomic E-state index is 13.1. The number of hydrogen-bond acceptors (Lipinski definition) is 5. The summed E-state index contributed by atoms with van der Waals surface area (Å²) in [6.45, 7) is 4.71. The van der Waals surface area contributed by atoms with E-state index in [4.69, 9.17) is 9.47 Å². The van der Waals surface area contributed by atoms with Crippen LogP contribution in [0.25, 0.3) is 0 Å². The molecular weight excluding hydrogens is 323 g/mol. The van der Waals surface area contributed by atoms with E-state index in [0.29, 0.717) is 38.4 Å². The number of aromatic nitrogens is 1. The lowest BCUT2D eigenvalue weighted by Gasteiger charge is -2.27. The van der Waals surface area contributed by atoms with Crippen molar-refractivity contribution in [1.29, 1.82) is 0 Å². The Morgan fingerprint density at radius 3 is 2.58 bits per heavy atom. The molecule has 8 heteroatoms. The standard InChI is InChI=1S/C16H22F3N3O2/c17-16(18,19)14-9-12(11-22-5-7-23-8-6-22)10-15(21-14)24-13-1-3-20-4-2-13/h9-10,13,20H,1-8,11H2. The Bertz CT molecular complexity index is 504. The summed E-state index contributed by atoms with van der Waals surface area (Å²) in [6.07, 6.45) is -3.01. The summed E-state index contributed by atoms with van der Waals surface area (Å²) in [5.74, 6) is 0.0694. The van der Waals surface area contributed by atoms with Crippen LogP contribution in [0.15, 0.2) is 12.1 Å². The molecule has 0 radical (unpaired) electrons. The van der Waals surface area contributed by atoms with Gasteiger partial charge in [0.2, 0.25) is 5.88 Å². The SMILES string of the molecule is FC(F)(F)c1cc(CN2CCOCC2)cc(OC2CCNCC2)n1. The van der Waals surface area contributed by atoms with E-state index in [2.05, 4.69) is 15.2 Å². The Kier molecular flexibility index (Phi) is 5.57. The van der Waals surface area contributed by atoms with Crippen molar-refractivity contribution < 1.29 is 22.6 Å². The summed E-state index contributed by atoms with van der Waals surface area (Å²) in [5, 5.41) is 3.20. The number of nitrogens with zero attached hydrogens (tertiary/aromatic N) is 2. The molecule has 3 rings (SSSR count). The molecule has 0 saturated carbocycles. The van der Waals surface area contributed by atoms with E-state index in [1.807, 2.05) is 0 Å². The molecule has 0 spiro atoms. The first-order valence-electron chi connectivity index (χ1n) is 8.26. The van der Waals surface area contributed by atoms with E-state index in [9.17, 15) is 13.2 Å². The number of rotatable bonds is 4. The summed E-state index contributed by atoms with van der Waals surface area (Å²) >= 11 is 0. The molecule has 2 aliphatic rings. The molecule has 1 N–H and O–H groups in total. The molecule has 0 amide bonds. The van der Waals surface area contributed by atoms with Crippen LogP contribution in [0.3, 0.4) is 0 Å². The first-order chi connectivity index (χ1) is 11.5. The Morgan fingerprint density at radius 1 is 1.21 bits per heavy atom. The highest BCUT2D eigenvalue weighted by molar-refractivity contribution is 5.27. The van der Waals surface area contributed by atoms with Crippen molar-refractivity contribution in [2.24, 2.45) is 0 Å². The molecule has 5 nitrogen and oxygen atoms in total. The number of morpholine rings is 1. The molecule has 2 aliphatic heterocycles. The van der Waals surface area contributed by atoms with Gasteiger partial charge < -0.3 is 14.8 Å². The minimum Gasteiger partial charge on any atom is -0.474 e. The smallest absolute Gasteiger partial charge is 0.433 e. The largest absolute Gasteiger partial charge is 0.474 e. The van der Waals surface area contributed by atoms with Crippen molar-refractivity contribution >= 4 is 0 Å². The van der Waals surface area contributed by atoms with Gasteiger partial charge in [0.25, 0.3) is 0 Å². The van der Waals surface area contributed by atoms with Crippen LogP contribution in [0.4, 0.5) is 13.2 Å². The minimum atomic E-state index is -4.48. The zero-order valence-electron chi connectivity index (χ0n) is 13.4. The number of ether oxygens (including phenoxy) is 2. The molecule has 1 aromatic heterocycles. The van der Waals surface area contributed by atoms with Gasteiger partial charge in [-0.3, -0.25) is 4.90 Å². The van der Waals surface area contributed by atoms with Gasteiger partial charge in [-0.05, 0) is 37.6 Å². The van der Waals surface area contributed by atoms with Gasteiger partial charge in [0.15, 0.2) is 0 Å². The van der Waals surface area contributed by atoms with E-state index in [0.717, 1.165) is 32.0 Å². The average Bonchev–Trinajstić information content (AvgIpc) is 2.56. The molecule has 0 atom stereocenters. The molecule has 0 unspecified atom stereocenters.